The first-order valence-electron chi connectivity index (χ1n) is 6.92. The van der Waals surface area contributed by atoms with Crippen molar-refractivity contribution in [2.75, 3.05) is 7.11 Å². The highest BCUT2D eigenvalue weighted by atomic mass is 16.6. The van der Waals surface area contributed by atoms with Gasteiger partial charge in [0, 0.05) is 29.6 Å². The van der Waals surface area contributed by atoms with Crippen molar-refractivity contribution in [1.29, 1.82) is 0 Å². The summed E-state index contributed by atoms with van der Waals surface area (Å²) in [6.07, 6.45) is 5.03. The number of hydrogen-bond donors (Lipinski definition) is 0. The van der Waals surface area contributed by atoms with Gasteiger partial charge in [-0.05, 0) is 5.56 Å². The largest absolute Gasteiger partial charge is 0.476 e. The van der Waals surface area contributed by atoms with Crippen LogP contribution in [0.1, 0.15) is 5.56 Å². The summed E-state index contributed by atoms with van der Waals surface area (Å²) in [6, 6.07) is 11.4. The molecule has 0 saturated heterocycles. The van der Waals surface area contributed by atoms with Gasteiger partial charge in [-0.1, -0.05) is 30.3 Å². The Morgan fingerprint density at radius 3 is 2.70 bits per heavy atom. The van der Waals surface area contributed by atoms with Gasteiger partial charge in [-0.3, -0.25) is 14.8 Å². The van der Waals surface area contributed by atoms with Crippen molar-refractivity contribution >= 4 is 5.69 Å². The summed E-state index contributed by atoms with van der Waals surface area (Å²) in [7, 11) is 1.35. The molecular formula is C16H14N4O3. The zero-order chi connectivity index (χ0) is 16.2. The molecule has 0 radical (unpaired) electrons. The van der Waals surface area contributed by atoms with E-state index in [9.17, 15) is 10.1 Å². The summed E-state index contributed by atoms with van der Waals surface area (Å²) in [5.74, 6) is -0.00423. The number of ether oxygens (including phenoxy) is 1. The lowest BCUT2D eigenvalue weighted by atomic mass is 10.1. The molecule has 3 aromatic rings. The first-order valence-corrected chi connectivity index (χ1v) is 6.92. The number of aromatic nitrogens is 3. The van der Waals surface area contributed by atoms with Crippen molar-refractivity contribution in [3.05, 3.63) is 70.7 Å². The van der Waals surface area contributed by atoms with Crippen LogP contribution in [0.5, 0.6) is 5.88 Å². The predicted molar refractivity (Wildman–Crippen MR) is 84.2 cm³/mol. The van der Waals surface area contributed by atoms with Crippen molar-refractivity contribution in [2.24, 2.45) is 0 Å². The molecule has 0 fully saturated rings. The molecule has 2 aromatic heterocycles. The minimum Gasteiger partial charge on any atom is -0.476 e. The Morgan fingerprint density at radius 1 is 1.22 bits per heavy atom. The van der Waals surface area contributed by atoms with Gasteiger partial charge in [0.1, 0.15) is 0 Å². The lowest BCUT2D eigenvalue weighted by Gasteiger charge is -2.03. The maximum atomic E-state index is 11.1. The van der Waals surface area contributed by atoms with Crippen molar-refractivity contribution < 1.29 is 9.66 Å². The third-order valence-corrected chi connectivity index (χ3v) is 3.38. The molecule has 23 heavy (non-hydrogen) atoms. The Labute approximate surface area is 132 Å². The molecule has 3 rings (SSSR count). The lowest BCUT2D eigenvalue weighted by molar-refractivity contribution is -0.386. The molecule has 0 spiro atoms. The van der Waals surface area contributed by atoms with Crippen LogP contribution in [0.2, 0.25) is 0 Å². The van der Waals surface area contributed by atoms with E-state index < -0.39 is 4.92 Å². The maximum absolute atomic E-state index is 11.1. The molecule has 0 unspecified atom stereocenters. The van der Waals surface area contributed by atoms with Gasteiger partial charge in [0.05, 0.1) is 24.8 Å². The van der Waals surface area contributed by atoms with Crippen LogP contribution in [0.3, 0.4) is 0 Å². The monoisotopic (exact) mass is 310 g/mol. The summed E-state index contributed by atoms with van der Waals surface area (Å²) in [4.78, 5) is 14.6. The number of nitro groups is 1. The van der Waals surface area contributed by atoms with Crippen LogP contribution >= 0.6 is 0 Å². The highest BCUT2D eigenvalue weighted by Crippen LogP contribution is 2.29. The molecule has 0 atom stereocenters. The van der Waals surface area contributed by atoms with Crippen LogP contribution in [0.15, 0.2) is 55.0 Å². The maximum Gasteiger partial charge on any atom is 0.331 e. The normalized spacial score (nSPS) is 10.5. The molecule has 0 bridgehead atoms. The van der Waals surface area contributed by atoms with E-state index in [1.165, 1.54) is 19.4 Å². The average Bonchev–Trinajstić information content (AvgIpc) is 3.03. The highest BCUT2D eigenvalue weighted by molar-refractivity contribution is 5.65. The molecule has 0 aliphatic rings. The summed E-state index contributed by atoms with van der Waals surface area (Å²) < 4.78 is 6.69. The van der Waals surface area contributed by atoms with Gasteiger partial charge in [0.25, 0.3) is 5.88 Å². The first-order chi connectivity index (χ1) is 11.2. The molecule has 2 heterocycles. The number of rotatable bonds is 5. The fraction of sp³-hybridized carbons (Fsp3) is 0.125. The van der Waals surface area contributed by atoms with E-state index in [-0.39, 0.29) is 11.6 Å². The molecule has 0 N–H and O–H groups in total. The third kappa shape index (κ3) is 3.18. The molecule has 0 amide bonds. The van der Waals surface area contributed by atoms with Gasteiger partial charge in [-0.15, -0.1) is 0 Å². The number of benzene rings is 1. The van der Waals surface area contributed by atoms with Gasteiger partial charge in [-0.2, -0.15) is 5.10 Å². The third-order valence-electron chi connectivity index (χ3n) is 3.38. The zero-order valence-corrected chi connectivity index (χ0v) is 12.4. The SMILES string of the molecule is COc1ncc(-c2cnn(Cc3ccccc3)c2)cc1[N+](=O)[O-]. The summed E-state index contributed by atoms with van der Waals surface area (Å²) >= 11 is 0. The number of pyridine rings is 1. The summed E-state index contributed by atoms with van der Waals surface area (Å²) in [6.45, 7) is 0.631. The Bertz CT molecular complexity index is 830. The molecule has 7 nitrogen and oxygen atoms in total. The molecule has 116 valence electrons. The standard InChI is InChI=1S/C16H14N4O3/c1-23-16-15(20(21)22)7-13(8-17-16)14-9-18-19(11-14)10-12-5-3-2-4-6-12/h2-9,11H,10H2,1H3. The fourth-order valence-corrected chi connectivity index (χ4v) is 2.26. The highest BCUT2D eigenvalue weighted by Gasteiger charge is 2.18. The molecule has 0 aliphatic heterocycles. The van der Waals surface area contributed by atoms with E-state index in [0.29, 0.717) is 12.1 Å². The van der Waals surface area contributed by atoms with Crippen LogP contribution in [-0.4, -0.2) is 26.8 Å². The quantitative estimate of drug-likeness (QED) is 0.534. The Hall–Kier alpha value is -3.22. The van der Waals surface area contributed by atoms with Crippen molar-refractivity contribution in [1.82, 2.24) is 14.8 Å². The van der Waals surface area contributed by atoms with E-state index in [4.69, 9.17) is 4.74 Å². The minimum absolute atomic E-state index is 0.00423. The number of hydrogen-bond acceptors (Lipinski definition) is 5. The van der Waals surface area contributed by atoms with E-state index in [1.54, 1.807) is 10.9 Å². The van der Waals surface area contributed by atoms with E-state index >= 15 is 0 Å². The number of methoxy groups -OCH3 is 1. The van der Waals surface area contributed by atoms with E-state index in [2.05, 4.69) is 10.1 Å². The van der Waals surface area contributed by atoms with Crippen molar-refractivity contribution in [2.45, 2.75) is 6.54 Å². The second-order valence-corrected chi connectivity index (χ2v) is 4.92. The van der Waals surface area contributed by atoms with Crippen molar-refractivity contribution in [3.63, 3.8) is 0 Å². The van der Waals surface area contributed by atoms with Crippen LogP contribution < -0.4 is 4.74 Å². The van der Waals surface area contributed by atoms with Crippen LogP contribution in [-0.2, 0) is 6.54 Å². The van der Waals surface area contributed by atoms with Crippen molar-refractivity contribution in [3.8, 4) is 17.0 Å². The number of nitrogens with zero attached hydrogens (tertiary/aromatic N) is 4. The Kier molecular flexibility index (Phi) is 4.01. The fourth-order valence-electron chi connectivity index (χ4n) is 2.26. The summed E-state index contributed by atoms with van der Waals surface area (Å²) in [5.41, 5.74) is 2.35. The molecule has 0 aliphatic carbocycles. The van der Waals surface area contributed by atoms with E-state index in [0.717, 1.165) is 11.1 Å². The average molecular weight is 310 g/mol. The lowest BCUT2D eigenvalue weighted by Crippen LogP contribution is -1.99. The zero-order valence-electron chi connectivity index (χ0n) is 12.4. The molecular weight excluding hydrogens is 296 g/mol. The van der Waals surface area contributed by atoms with Gasteiger partial charge >= 0.3 is 5.69 Å². The summed E-state index contributed by atoms with van der Waals surface area (Å²) in [5, 5.41) is 15.4. The Balaban J connectivity index is 1.88. The second-order valence-electron chi connectivity index (χ2n) is 4.92. The van der Waals surface area contributed by atoms with Crippen LogP contribution in [0, 0.1) is 10.1 Å². The van der Waals surface area contributed by atoms with Crippen LogP contribution in [0.4, 0.5) is 5.69 Å². The van der Waals surface area contributed by atoms with Gasteiger partial charge in [0.2, 0.25) is 0 Å². The smallest absolute Gasteiger partial charge is 0.331 e. The minimum atomic E-state index is -0.510. The predicted octanol–water partition coefficient (Wildman–Crippen LogP) is 2.91. The first kappa shape index (κ1) is 14.7. The molecule has 7 heteroatoms. The second kappa shape index (κ2) is 6.27. The Morgan fingerprint density at radius 2 is 2.00 bits per heavy atom. The van der Waals surface area contributed by atoms with Gasteiger partial charge < -0.3 is 4.74 Å². The van der Waals surface area contributed by atoms with Gasteiger partial charge in [-0.25, -0.2) is 4.98 Å². The van der Waals surface area contributed by atoms with Gasteiger partial charge in [0.15, 0.2) is 0 Å². The van der Waals surface area contributed by atoms with Crippen LogP contribution in [0.25, 0.3) is 11.1 Å². The topological polar surface area (TPSA) is 83.1 Å². The molecule has 1 aromatic carbocycles. The van der Waals surface area contributed by atoms with E-state index in [1.807, 2.05) is 36.5 Å². The molecule has 0 saturated carbocycles.